The highest BCUT2D eigenvalue weighted by Crippen LogP contribution is 2.28. The first-order valence-corrected chi connectivity index (χ1v) is 10.7. The van der Waals surface area contributed by atoms with Crippen molar-refractivity contribution in [3.05, 3.63) is 21.4 Å². The minimum atomic E-state index is -3.55. The molecular formula is C16H23NO4S2. The smallest absolute Gasteiger partial charge is 0.274 e. The van der Waals surface area contributed by atoms with Crippen molar-refractivity contribution in [3.8, 4) is 0 Å². The van der Waals surface area contributed by atoms with E-state index in [2.05, 4.69) is 4.72 Å². The van der Waals surface area contributed by atoms with Gasteiger partial charge in [0.1, 0.15) is 0 Å². The highest BCUT2D eigenvalue weighted by molar-refractivity contribution is 7.90. The monoisotopic (exact) mass is 357 g/mol. The van der Waals surface area contributed by atoms with E-state index in [0.29, 0.717) is 30.4 Å². The van der Waals surface area contributed by atoms with E-state index in [-0.39, 0.29) is 5.75 Å². The van der Waals surface area contributed by atoms with Crippen molar-refractivity contribution in [2.24, 2.45) is 5.92 Å². The normalized spacial score (nSPS) is 19.3. The van der Waals surface area contributed by atoms with Gasteiger partial charge in [0.25, 0.3) is 5.91 Å². The summed E-state index contributed by atoms with van der Waals surface area (Å²) in [5.74, 6) is 0.0205. The van der Waals surface area contributed by atoms with Crippen LogP contribution in [0.3, 0.4) is 0 Å². The van der Waals surface area contributed by atoms with Gasteiger partial charge in [0.15, 0.2) is 0 Å². The lowest BCUT2D eigenvalue weighted by molar-refractivity contribution is 0.0984. The lowest BCUT2D eigenvalue weighted by atomic mass is 9.88. The minimum absolute atomic E-state index is 0.0393. The maximum absolute atomic E-state index is 12.2. The van der Waals surface area contributed by atoms with Gasteiger partial charge in [-0.05, 0) is 24.0 Å². The molecule has 7 heteroatoms. The second-order valence-electron chi connectivity index (χ2n) is 6.40. The molecule has 1 aromatic heterocycles. The number of rotatable bonds is 5. The van der Waals surface area contributed by atoms with Crippen LogP contribution < -0.4 is 4.72 Å². The summed E-state index contributed by atoms with van der Waals surface area (Å²) in [6.07, 6.45) is 7.31. The average Bonchev–Trinajstić information content (AvgIpc) is 2.98. The fourth-order valence-corrected chi connectivity index (χ4v) is 5.55. The van der Waals surface area contributed by atoms with Gasteiger partial charge in [-0.2, -0.15) is 0 Å². The third kappa shape index (κ3) is 4.55. The largest absolute Gasteiger partial charge is 0.376 e. The van der Waals surface area contributed by atoms with Crippen LogP contribution in [0.1, 0.15) is 58.6 Å². The summed E-state index contributed by atoms with van der Waals surface area (Å²) in [4.78, 5) is 13.8. The number of nitrogens with one attached hydrogen (secondary N) is 1. The highest BCUT2D eigenvalue weighted by Gasteiger charge is 2.23. The molecular weight excluding hydrogens is 334 g/mol. The SMILES string of the molecule is O=C(NS(=O)(=O)CCC1CCCCC1)c1cc2c(s1)CCOC2. The Morgan fingerprint density at radius 2 is 2.09 bits per heavy atom. The number of hydrogen-bond acceptors (Lipinski definition) is 5. The Morgan fingerprint density at radius 1 is 1.30 bits per heavy atom. The van der Waals surface area contributed by atoms with Crippen molar-refractivity contribution in [1.82, 2.24) is 4.72 Å². The number of carbonyl (C=O) groups excluding carboxylic acids is 1. The molecule has 1 aromatic rings. The highest BCUT2D eigenvalue weighted by atomic mass is 32.2. The zero-order valence-electron chi connectivity index (χ0n) is 13.2. The summed E-state index contributed by atoms with van der Waals surface area (Å²) in [5, 5.41) is 0. The quantitative estimate of drug-likeness (QED) is 0.879. The third-order valence-electron chi connectivity index (χ3n) is 4.62. The van der Waals surface area contributed by atoms with Gasteiger partial charge >= 0.3 is 0 Å². The molecule has 2 aliphatic rings. The van der Waals surface area contributed by atoms with Crippen molar-refractivity contribution in [3.63, 3.8) is 0 Å². The van der Waals surface area contributed by atoms with E-state index in [4.69, 9.17) is 4.74 Å². The molecule has 0 saturated heterocycles. The van der Waals surface area contributed by atoms with Crippen LogP contribution in [0.4, 0.5) is 0 Å². The number of hydrogen-bond donors (Lipinski definition) is 1. The van der Waals surface area contributed by atoms with E-state index < -0.39 is 15.9 Å². The molecule has 0 unspecified atom stereocenters. The van der Waals surface area contributed by atoms with Crippen molar-refractivity contribution >= 4 is 27.3 Å². The molecule has 0 atom stereocenters. The molecule has 1 amide bonds. The second-order valence-corrected chi connectivity index (χ2v) is 9.38. The van der Waals surface area contributed by atoms with Crippen LogP contribution in [0.2, 0.25) is 0 Å². The van der Waals surface area contributed by atoms with Crippen molar-refractivity contribution in [2.45, 2.75) is 51.6 Å². The first-order chi connectivity index (χ1) is 11.0. The first-order valence-electron chi connectivity index (χ1n) is 8.28. The van der Waals surface area contributed by atoms with E-state index in [1.165, 1.54) is 30.6 Å². The van der Waals surface area contributed by atoms with E-state index in [0.717, 1.165) is 29.7 Å². The zero-order chi connectivity index (χ0) is 16.3. The molecule has 1 N–H and O–H groups in total. The van der Waals surface area contributed by atoms with Crippen LogP contribution in [-0.4, -0.2) is 26.7 Å². The average molecular weight is 357 g/mol. The Labute approximate surface area is 141 Å². The predicted molar refractivity (Wildman–Crippen MR) is 90.1 cm³/mol. The maximum atomic E-state index is 12.2. The molecule has 0 radical (unpaired) electrons. The lowest BCUT2D eigenvalue weighted by Crippen LogP contribution is -2.32. The maximum Gasteiger partial charge on any atom is 0.274 e. The molecule has 23 heavy (non-hydrogen) atoms. The van der Waals surface area contributed by atoms with E-state index >= 15 is 0 Å². The van der Waals surface area contributed by atoms with Crippen molar-refractivity contribution < 1.29 is 17.9 Å². The standard InChI is InChI=1S/C16H23NO4S2/c18-16(15-10-13-11-21-8-6-14(13)22-15)17-23(19,20)9-7-12-4-2-1-3-5-12/h10,12H,1-9,11H2,(H,17,18). The van der Waals surface area contributed by atoms with Gasteiger partial charge in [-0.1, -0.05) is 32.1 Å². The van der Waals surface area contributed by atoms with Crippen LogP contribution in [-0.2, 0) is 27.8 Å². The Hall–Kier alpha value is -0.920. The molecule has 0 aromatic carbocycles. The molecule has 1 saturated carbocycles. The summed E-state index contributed by atoms with van der Waals surface area (Å²) in [6.45, 7) is 1.17. The molecule has 1 aliphatic carbocycles. The zero-order valence-corrected chi connectivity index (χ0v) is 14.8. The molecule has 1 fully saturated rings. The Kier molecular flexibility index (Phi) is 5.38. The van der Waals surface area contributed by atoms with Gasteiger partial charge in [-0.15, -0.1) is 11.3 Å². The topological polar surface area (TPSA) is 72.5 Å². The van der Waals surface area contributed by atoms with Gasteiger partial charge in [-0.3, -0.25) is 4.79 Å². The number of fused-ring (bicyclic) bond motifs is 1. The second kappa shape index (κ2) is 7.32. The summed E-state index contributed by atoms with van der Waals surface area (Å²) < 4.78 is 31.9. The molecule has 1 aliphatic heterocycles. The fourth-order valence-electron chi connectivity index (χ4n) is 3.30. The van der Waals surface area contributed by atoms with Crippen molar-refractivity contribution in [2.75, 3.05) is 12.4 Å². The molecule has 0 spiro atoms. The van der Waals surface area contributed by atoms with Crippen LogP contribution >= 0.6 is 11.3 Å². The Bertz CT molecular complexity index is 636. The van der Waals surface area contributed by atoms with Gasteiger partial charge in [-0.25, -0.2) is 13.1 Å². The van der Waals surface area contributed by atoms with Gasteiger partial charge in [0.2, 0.25) is 10.0 Å². The number of carbonyl (C=O) groups is 1. The van der Waals surface area contributed by atoms with Gasteiger partial charge in [0, 0.05) is 11.3 Å². The Morgan fingerprint density at radius 3 is 2.83 bits per heavy atom. The molecule has 2 heterocycles. The van der Waals surface area contributed by atoms with Crippen LogP contribution in [0.25, 0.3) is 0 Å². The summed E-state index contributed by atoms with van der Waals surface area (Å²) in [6, 6.07) is 1.76. The van der Waals surface area contributed by atoms with E-state index in [1.807, 2.05) is 0 Å². The first kappa shape index (κ1) is 16.9. The number of sulfonamides is 1. The van der Waals surface area contributed by atoms with Gasteiger partial charge < -0.3 is 4.74 Å². The number of ether oxygens (including phenoxy) is 1. The van der Waals surface area contributed by atoms with E-state index in [9.17, 15) is 13.2 Å². The van der Waals surface area contributed by atoms with E-state index in [1.54, 1.807) is 6.07 Å². The third-order valence-corrected chi connectivity index (χ3v) is 7.12. The van der Waals surface area contributed by atoms with Crippen LogP contribution in [0.5, 0.6) is 0 Å². The minimum Gasteiger partial charge on any atom is -0.376 e. The summed E-state index contributed by atoms with van der Waals surface area (Å²) in [7, 11) is -3.55. The fraction of sp³-hybridized carbons (Fsp3) is 0.688. The van der Waals surface area contributed by atoms with Gasteiger partial charge in [0.05, 0.1) is 23.8 Å². The molecule has 3 rings (SSSR count). The van der Waals surface area contributed by atoms with Crippen molar-refractivity contribution in [1.29, 1.82) is 0 Å². The number of amides is 1. The number of thiophene rings is 1. The molecule has 128 valence electrons. The van der Waals surface area contributed by atoms with Crippen LogP contribution in [0, 0.1) is 5.92 Å². The summed E-state index contributed by atoms with van der Waals surface area (Å²) >= 11 is 1.37. The Balaban J connectivity index is 1.56. The molecule has 5 nitrogen and oxygen atoms in total. The van der Waals surface area contributed by atoms with Crippen LogP contribution in [0.15, 0.2) is 6.07 Å². The summed E-state index contributed by atoms with van der Waals surface area (Å²) in [5.41, 5.74) is 1.01. The predicted octanol–water partition coefficient (Wildman–Crippen LogP) is 2.85. The lowest BCUT2D eigenvalue weighted by Gasteiger charge is -2.21. The molecule has 0 bridgehead atoms.